The lowest BCUT2D eigenvalue weighted by atomic mass is 9.76. The van der Waals surface area contributed by atoms with E-state index in [1.165, 1.54) is 0 Å². The predicted molar refractivity (Wildman–Crippen MR) is 51.3 cm³/mol. The minimum Gasteiger partial charge on any atom is -0.480 e. The quantitative estimate of drug-likeness (QED) is 0.706. The van der Waals surface area contributed by atoms with Crippen molar-refractivity contribution in [3.63, 3.8) is 0 Å². The van der Waals surface area contributed by atoms with Crippen LogP contribution in [0.5, 0.6) is 0 Å². The maximum absolute atomic E-state index is 11.7. The highest BCUT2D eigenvalue weighted by atomic mass is 16.5. The first-order valence-corrected chi connectivity index (χ1v) is 5.31. The van der Waals surface area contributed by atoms with Gasteiger partial charge in [-0.15, -0.1) is 0 Å². The molecule has 1 amide bonds. The van der Waals surface area contributed by atoms with Gasteiger partial charge in [0.25, 0.3) is 0 Å². The van der Waals surface area contributed by atoms with E-state index in [-0.39, 0.29) is 5.91 Å². The molecule has 84 valence electrons. The van der Waals surface area contributed by atoms with Gasteiger partial charge in [-0.2, -0.15) is 0 Å². The van der Waals surface area contributed by atoms with E-state index in [2.05, 4.69) is 5.32 Å². The highest BCUT2D eigenvalue weighted by Gasteiger charge is 2.46. The number of carboxylic acid groups (broad SMARTS) is 1. The Bertz CT molecular complexity index is 279. The maximum Gasteiger partial charge on any atom is 0.329 e. The minimum atomic E-state index is -1.01. The Kier molecular flexibility index (Phi) is 2.65. The van der Waals surface area contributed by atoms with Gasteiger partial charge in [0.15, 0.2) is 0 Å². The van der Waals surface area contributed by atoms with Crippen molar-refractivity contribution in [1.82, 2.24) is 5.32 Å². The van der Waals surface area contributed by atoms with Crippen LogP contribution in [0.15, 0.2) is 0 Å². The molecular formula is C10H15NO4. The Labute approximate surface area is 87.8 Å². The summed E-state index contributed by atoms with van der Waals surface area (Å²) in [5, 5.41) is 11.6. The highest BCUT2D eigenvalue weighted by Crippen LogP contribution is 2.32. The Morgan fingerprint density at radius 1 is 1.33 bits per heavy atom. The molecular weight excluding hydrogens is 198 g/mol. The van der Waals surface area contributed by atoms with Crippen LogP contribution in [0.1, 0.15) is 32.1 Å². The van der Waals surface area contributed by atoms with Crippen molar-refractivity contribution in [2.45, 2.75) is 43.7 Å². The van der Waals surface area contributed by atoms with Crippen LogP contribution in [-0.4, -0.2) is 35.2 Å². The summed E-state index contributed by atoms with van der Waals surface area (Å²) >= 11 is 0. The molecule has 1 aliphatic carbocycles. The van der Waals surface area contributed by atoms with E-state index < -0.39 is 17.6 Å². The minimum absolute atomic E-state index is 0.269. The van der Waals surface area contributed by atoms with E-state index in [1.807, 2.05) is 0 Å². The lowest BCUT2D eigenvalue weighted by molar-refractivity contribution is -0.153. The first-order chi connectivity index (χ1) is 7.14. The van der Waals surface area contributed by atoms with E-state index in [0.717, 1.165) is 12.8 Å². The molecule has 15 heavy (non-hydrogen) atoms. The van der Waals surface area contributed by atoms with Gasteiger partial charge < -0.3 is 15.2 Å². The monoisotopic (exact) mass is 213 g/mol. The Hall–Kier alpha value is -1.10. The lowest BCUT2D eigenvalue weighted by Gasteiger charge is -2.38. The molecule has 0 aromatic rings. The number of carbonyl (C=O) groups is 2. The zero-order valence-corrected chi connectivity index (χ0v) is 8.49. The first-order valence-electron chi connectivity index (χ1n) is 5.31. The van der Waals surface area contributed by atoms with Crippen molar-refractivity contribution in [3.8, 4) is 0 Å². The van der Waals surface area contributed by atoms with Crippen molar-refractivity contribution >= 4 is 11.9 Å². The van der Waals surface area contributed by atoms with E-state index in [9.17, 15) is 9.59 Å². The smallest absolute Gasteiger partial charge is 0.329 e. The predicted octanol–water partition coefficient (Wildman–Crippen LogP) is 0.289. The normalized spacial score (nSPS) is 28.1. The summed E-state index contributed by atoms with van der Waals surface area (Å²) in [6.45, 7) is 0.595. The molecule has 2 aliphatic rings. The summed E-state index contributed by atoms with van der Waals surface area (Å²) in [7, 11) is 0. The second-order valence-corrected chi connectivity index (χ2v) is 4.23. The Morgan fingerprint density at radius 2 is 2.07 bits per heavy atom. The molecule has 1 aliphatic heterocycles. The van der Waals surface area contributed by atoms with E-state index >= 15 is 0 Å². The van der Waals surface area contributed by atoms with Crippen LogP contribution in [0.4, 0.5) is 0 Å². The average molecular weight is 213 g/mol. The zero-order valence-electron chi connectivity index (χ0n) is 8.49. The van der Waals surface area contributed by atoms with Gasteiger partial charge in [0, 0.05) is 6.61 Å². The van der Waals surface area contributed by atoms with Gasteiger partial charge in [0.2, 0.25) is 5.91 Å². The topological polar surface area (TPSA) is 75.6 Å². The number of hydrogen-bond donors (Lipinski definition) is 2. The molecule has 0 aromatic carbocycles. The van der Waals surface area contributed by atoms with Crippen LogP contribution in [0.3, 0.4) is 0 Å². The first kappa shape index (κ1) is 10.4. The molecule has 1 saturated carbocycles. The third-order valence-electron chi connectivity index (χ3n) is 3.20. The maximum atomic E-state index is 11.7. The fraction of sp³-hybridized carbons (Fsp3) is 0.800. The third-order valence-corrected chi connectivity index (χ3v) is 3.20. The largest absolute Gasteiger partial charge is 0.480 e. The van der Waals surface area contributed by atoms with Crippen molar-refractivity contribution in [2.24, 2.45) is 0 Å². The van der Waals surface area contributed by atoms with Gasteiger partial charge in [-0.3, -0.25) is 4.79 Å². The number of carbonyl (C=O) groups excluding carboxylic acids is 1. The summed E-state index contributed by atoms with van der Waals surface area (Å²) in [6.07, 6.45) is 3.04. The number of amides is 1. The fourth-order valence-electron chi connectivity index (χ4n) is 2.02. The number of aliphatic carboxylic acids is 1. The molecule has 0 unspecified atom stereocenters. The molecule has 0 bridgehead atoms. The van der Waals surface area contributed by atoms with Crippen molar-refractivity contribution in [2.75, 3.05) is 6.61 Å². The standard InChI is InChI=1S/C10H15NO4/c12-8(7-3-1-6-15-7)11-10(9(13)14)4-2-5-10/h7H,1-6H2,(H,11,12)(H,13,14)/t7-/m0/s1. The second kappa shape index (κ2) is 3.81. The molecule has 2 fully saturated rings. The molecule has 1 saturated heterocycles. The SMILES string of the molecule is O=C(NC1(C(=O)O)CCC1)[C@@H]1CCCO1. The molecule has 2 rings (SSSR count). The zero-order chi connectivity index (χ0) is 10.9. The third kappa shape index (κ3) is 1.84. The van der Waals surface area contributed by atoms with Crippen molar-refractivity contribution in [3.05, 3.63) is 0 Å². The number of rotatable bonds is 3. The van der Waals surface area contributed by atoms with Crippen LogP contribution in [0.25, 0.3) is 0 Å². The van der Waals surface area contributed by atoms with E-state index in [0.29, 0.717) is 25.9 Å². The molecule has 1 atom stereocenters. The van der Waals surface area contributed by atoms with Crippen molar-refractivity contribution in [1.29, 1.82) is 0 Å². The molecule has 0 aromatic heterocycles. The van der Waals surface area contributed by atoms with Gasteiger partial charge in [0.05, 0.1) is 0 Å². The van der Waals surface area contributed by atoms with Crippen LogP contribution < -0.4 is 5.32 Å². The average Bonchev–Trinajstić information content (AvgIpc) is 2.62. The van der Waals surface area contributed by atoms with Crippen molar-refractivity contribution < 1.29 is 19.4 Å². The van der Waals surface area contributed by atoms with Crippen LogP contribution in [0, 0.1) is 0 Å². The Morgan fingerprint density at radius 3 is 2.47 bits per heavy atom. The summed E-state index contributed by atoms with van der Waals surface area (Å²) in [4.78, 5) is 22.7. The van der Waals surface area contributed by atoms with Crippen LogP contribution >= 0.6 is 0 Å². The van der Waals surface area contributed by atoms with Gasteiger partial charge in [-0.25, -0.2) is 4.79 Å². The van der Waals surface area contributed by atoms with E-state index in [4.69, 9.17) is 9.84 Å². The highest BCUT2D eigenvalue weighted by molar-refractivity contribution is 5.89. The molecule has 0 spiro atoms. The molecule has 1 heterocycles. The van der Waals surface area contributed by atoms with Gasteiger partial charge in [0.1, 0.15) is 11.6 Å². The van der Waals surface area contributed by atoms with Crippen LogP contribution in [0.2, 0.25) is 0 Å². The van der Waals surface area contributed by atoms with Gasteiger partial charge >= 0.3 is 5.97 Å². The summed E-state index contributed by atoms with van der Waals surface area (Å²) in [5.41, 5.74) is -1.01. The van der Waals surface area contributed by atoms with Gasteiger partial charge in [-0.1, -0.05) is 0 Å². The molecule has 5 nitrogen and oxygen atoms in total. The summed E-state index contributed by atoms with van der Waals surface area (Å²) in [6, 6.07) is 0. The number of hydrogen-bond acceptors (Lipinski definition) is 3. The van der Waals surface area contributed by atoms with Gasteiger partial charge in [-0.05, 0) is 32.1 Å². The molecule has 0 radical (unpaired) electrons. The second-order valence-electron chi connectivity index (χ2n) is 4.23. The number of nitrogens with one attached hydrogen (secondary N) is 1. The summed E-state index contributed by atoms with van der Waals surface area (Å²) in [5.74, 6) is -1.20. The lowest BCUT2D eigenvalue weighted by Crippen LogP contribution is -2.60. The number of carboxylic acids is 1. The Balaban J connectivity index is 1.94. The summed E-state index contributed by atoms with van der Waals surface area (Å²) < 4.78 is 5.20. The fourth-order valence-corrected chi connectivity index (χ4v) is 2.02. The number of ether oxygens (including phenoxy) is 1. The molecule has 2 N–H and O–H groups in total. The molecule has 5 heteroatoms. The van der Waals surface area contributed by atoms with Crippen LogP contribution in [-0.2, 0) is 14.3 Å². The van der Waals surface area contributed by atoms with E-state index in [1.54, 1.807) is 0 Å².